The van der Waals surface area contributed by atoms with Gasteiger partial charge in [-0.25, -0.2) is 9.29 Å². The molecule has 4 rings (SSSR count). The van der Waals surface area contributed by atoms with Crippen LogP contribution in [0.1, 0.15) is 37.3 Å². The molecule has 2 aromatic rings. The number of carbonyl (C=O) groups excluding carboxylic acids is 2. The normalized spacial score (nSPS) is 17.6. The lowest BCUT2D eigenvalue weighted by molar-refractivity contribution is -0.120. The predicted molar refractivity (Wildman–Crippen MR) is 107 cm³/mol. The summed E-state index contributed by atoms with van der Waals surface area (Å²) in [4.78, 5) is 30.0. The Morgan fingerprint density at radius 2 is 1.50 bits per heavy atom. The Morgan fingerprint density at radius 1 is 0.857 bits per heavy atom. The number of nitrogens with zero attached hydrogens (tertiary/aromatic N) is 2. The largest absolute Gasteiger partial charge is 0.366 e. The van der Waals surface area contributed by atoms with Crippen LogP contribution in [-0.2, 0) is 16.0 Å². The molecule has 0 aliphatic carbocycles. The summed E-state index contributed by atoms with van der Waals surface area (Å²) >= 11 is 0. The topological polar surface area (TPSA) is 40.6 Å². The highest BCUT2D eigenvalue weighted by Crippen LogP contribution is 2.36. The van der Waals surface area contributed by atoms with E-state index < -0.39 is 0 Å². The van der Waals surface area contributed by atoms with E-state index in [4.69, 9.17) is 0 Å². The van der Waals surface area contributed by atoms with Crippen molar-refractivity contribution in [1.82, 2.24) is 4.90 Å². The molecule has 0 radical (unpaired) electrons. The fourth-order valence-electron chi connectivity index (χ4n) is 3.92. The van der Waals surface area contributed by atoms with Crippen molar-refractivity contribution in [2.75, 3.05) is 18.0 Å². The fourth-order valence-corrected chi connectivity index (χ4v) is 3.92. The number of imide groups is 1. The van der Waals surface area contributed by atoms with Crippen LogP contribution in [0.4, 0.5) is 10.1 Å². The summed E-state index contributed by atoms with van der Waals surface area (Å²) < 4.78 is 13.4. The highest BCUT2D eigenvalue weighted by Gasteiger charge is 2.42. The van der Waals surface area contributed by atoms with Gasteiger partial charge in [-0.1, -0.05) is 31.2 Å². The van der Waals surface area contributed by atoms with Crippen LogP contribution >= 0.6 is 0 Å². The third kappa shape index (κ3) is 3.21. The Labute approximate surface area is 164 Å². The van der Waals surface area contributed by atoms with Gasteiger partial charge in [-0.15, -0.1) is 0 Å². The number of benzene rings is 2. The van der Waals surface area contributed by atoms with E-state index in [1.54, 1.807) is 12.1 Å². The second-order valence-electron chi connectivity index (χ2n) is 7.24. The van der Waals surface area contributed by atoms with Crippen LogP contribution in [-0.4, -0.2) is 29.8 Å². The van der Waals surface area contributed by atoms with Crippen molar-refractivity contribution in [3.05, 3.63) is 71.2 Å². The zero-order valence-electron chi connectivity index (χ0n) is 16.0. The molecule has 0 bridgehead atoms. The lowest BCUT2D eigenvalue weighted by atomic mass is 10.0. The number of anilines is 1. The van der Waals surface area contributed by atoms with Gasteiger partial charge in [0.1, 0.15) is 11.5 Å². The molecule has 0 aromatic heterocycles. The number of amides is 2. The molecule has 1 fully saturated rings. The molecule has 28 heavy (non-hydrogen) atoms. The molecule has 2 heterocycles. The summed E-state index contributed by atoms with van der Waals surface area (Å²) in [5.74, 6) is -1.01. The van der Waals surface area contributed by atoms with Crippen molar-refractivity contribution in [2.24, 2.45) is 0 Å². The number of hydrogen-bond acceptors (Lipinski definition) is 3. The van der Waals surface area contributed by atoms with Gasteiger partial charge in [0.25, 0.3) is 11.8 Å². The smallest absolute Gasteiger partial charge is 0.282 e. The molecule has 0 saturated carbocycles. The van der Waals surface area contributed by atoms with Crippen LogP contribution in [0.3, 0.4) is 0 Å². The molecule has 0 unspecified atom stereocenters. The van der Waals surface area contributed by atoms with E-state index in [1.165, 1.54) is 17.0 Å². The predicted octanol–water partition coefficient (Wildman–Crippen LogP) is 4.16. The third-order valence-electron chi connectivity index (χ3n) is 5.47. The Kier molecular flexibility index (Phi) is 4.99. The van der Waals surface area contributed by atoms with Crippen molar-refractivity contribution < 1.29 is 14.0 Å². The Bertz CT molecular complexity index is 926. The van der Waals surface area contributed by atoms with Gasteiger partial charge < -0.3 is 4.90 Å². The standard InChI is InChI=1S/C23H23FN2O2/c1-2-16-6-12-19(13-7-16)26-22(27)20(17-8-10-18(24)11-9-17)21(23(26)28)25-14-4-3-5-15-25/h6-13H,2-5,14-15H2,1H3. The van der Waals surface area contributed by atoms with Gasteiger partial charge in [0.2, 0.25) is 0 Å². The van der Waals surface area contributed by atoms with Crippen LogP contribution in [0.2, 0.25) is 0 Å². The van der Waals surface area contributed by atoms with E-state index in [1.807, 2.05) is 29.2 Å². The van der Waals surface area contributed by atoms with E-state index in [9.17, 15) is 14.0 Å². The second-order valence-corrected chi connectivity index (χ2v) is 7.24. The summed E-state index contributed by atoms with van der Waals surface area (Å²) in [5.41, 5.74) is 3.10. The summed E-state index contributed by atoms with van der Waals surface area (Å²) in [6.07, 6.45) is 4.00. The number of hydrogen-bond donors (Lipinski definition) is 0. The molecule has 0 atom stereocenters. The quantitative estimate of drug-likeness (QED) is 0.750. The van der Waals surface area contributed by atoms with E-state index in [0.29, 0.717) is 22.5 Å². The van der Waals surface area contributed by atoms with Crippen LogP contribution in [0.15, 0.2) is 54.2 Å². The monoisotopic (exact) mass is 378 g/mol. The SMILES string of the molecule is CCc1ccc(N2C(=O)C(c3ccc(F)cc3)=C(N3CCCCC3)C2=O)cc1. The lowest BCUT2D eigenvalue weighted by Crippen LogP contribution is -2.37. The average Bonchev–Trinajstić information content (AvgIpc) is 2.99. The number of carbonyl (C=O) groups is 2. The minimum atomic E-state index is -0.368. The van der Waals surface area contributed by atoms with Gasteiger partial charge in [-0.05, 0) is 61.1 Å². The lowest BCUT2D eigenvalue weighted by Gasteiger charge is -2.29. The number of likely N-dealkylation sites (tertiary alicyclic amines) is 1. The van der Waals surface area contributed by atoms with Crippen molar-refractivity contribution in [3.63, 3.8) is 0 Å². The summed E-state index contributed by atoms with van der Waals surface area (Å²) in [5, 5.41) is 0. The van der Waals surface area contributed by atoms with Crippen LogP contribution in [0.5, 0.6) is 0 Å². The second kappa shape index (κ2) is 7.58. The molecule has 5 heteroatoms. The number of aryl methyl sites for hydroxylation is 1. The molecule has 2 aliphatic rings. The number of halogens is 1. The van der Waals surface area contributed by atoms with E-state index in [2.05, 4.69) is 6.92 Å². The molecule has 0 N–H and O–H groups in total. The molecule has 2 amide bonds. The first-order valence-corrected chi connectivity index (χ1v) is 9.83. The van der Waals surface area contributed by atoms with Gasteiger partial charge in [0, 0.05) is 13.1 Å². The molecule has 4 nitrogen and oxygen atoms in total. The molecule has 2 aliphatic heterocycles. The molecule has 2 aromatic carbocycles. The number of piperidine rings is 1. The van der Waals surface area contributed by atoms with Crippen molar-refractivity contribution >= 4 is 23.1 Å². The first-order chi connectivity index (χ1) is 13.6. The van der Waals surface area contributed by atoms with Crippen LogP contribution in [0.25, 0.3) is 5.57 Å². The van der Waals surface area contributed by atoms with Crippen molar-refractivity contribution in [2.45, 2.75) is 32.6 Å². The first-order valence-electron chi connectivity index (χ1n) is 9.83. The minimum absolute atomic E-state index is 0.296. The summed E-state index contributed by atoms with van der Waals surface area (Å²) in [7, 11) is 0. The zero-order valence-corrected chi connectivity index (χ0v) is 16.0. The van der Waals surface area contributed by atoms with Crippen LogP contribution < -0.4 is 4.90 Å². The van der Waals surface area contributed by atoms with Gasteiger partial charge in [0.15, 0.2) is 0 Å². The maximum atomic E-state index is 13.4. The molecular weight excluding hydrogens is 355 g/mol. The fraction of sp³-hybridized carbons (Fsp3) is 0.304. The Morgan fingerprint density at radius 3 is 2.11 bits per heavy atom. The van der Waals surface area contributed by atoms with Gasteiger partial charge >= 0.3 is 0 Å². The first kappa shape index (κ1) is 18.4. The van der Waals surface area contributed by atoms with Crippen molar-refractivity contribution in [3.8, 4) is 0 Å². The molecule has 0 spiro atoms. The Balaban J connectivity index is 1.79. The zero-order chi connectivity index (χ0) is 19.7. The molecular formula is C23H23FN2O2. The molecule has 144 valence electrons. The van der Waals surface area contributed by atoms with E-state index in [0.717, 1.165) is 44.3 Å². The minimum Gasteiger partial charge on any atom is -0.366 e. The number of rotatable bonds is 4. The highest BCUT2D eigenvalue weighted by atomic mass is 19.1. The maximum Gasteiger partial charge on any atom is 0.282 e. The average molecular weight is 378 g/mol. The third-order valence-corrected chi connectivity index (χ3v) is 5.47. The van der Waals surface area contributed by atoms with E-state index in [-0.39, 0.29) is 17.6 Å². The van der Waals surface area contributed by atoms with E-state index >= 15 is 0 Å². The Hall–Kier alpha value is -2.95. The molecule has 1 saturated heterocycles. The van der Waals surface area contributed by atoms with Crippen LogP contribution in [0, 0.1) is 5.82 Å². The summed E-state index contributed by atoms with van der Waals surface area (Å²) in [6, 6.07) is 13.3. The maximum absolute atomic E-state index is 13.4. The van der Waals surface area contributed by atoms with Gasteiger partial charge in [0.05, 0.1) is 11.3 Å². The van der Waals surface area contributed by atoms with Crippen molar-refractivity contribution in [1.29, 1.82) is 0 Å². The van der Waals surface area contributed by atoms with Gasteiger partial charge in [-0.2, -0.15) is 0 Å². The summed E-state index contributed by atoms with van der Waals surface area (Å²) in [6.45, 7) is 3.56. The van der Waals surface area contributed by atoms with Gasteiger partial charge in [-0.3, -0.25) is 9.59 Å². The highest BCUT2D eigenvalue weighted by molar-refractivity contribution is 6.45.